The molecule has 0 aliphatic carbocycles. The Balaban J connectivity index is 1.91. The summed E-state index contributed by atoms with van der Waals surface area (Å²) in [5.41, 5.74) is 1.21. The van der Waals surface area contributed by atoms with Crippen molar-refractivity contribution in [3.63, 3.8) is 0 Å². The summed E-state index contributed by atoms with van der Waals surface area (Å²) in [6.45, 7) is 10.3. The fourth-order valence-electron chi connectivity index (χ4n) is 2.81. The summed E-state index contributed by atoms with van der Waals surface area (Å²) in [6.07, 6.45) is 4.17. The Kier molecular flexibility index (Phi) is 5.34. The van der Waals surface area contributed by atoms with Gasteiger partial charge in [0.1, 0.15) is 0 Å². The van der Waals surface area contributed by atoms with E-state index in [1.807, 2.05) is 12.3 Å². The third-order valence-corrected chi connectivity index (χ3v) is 4.22. The topological polar surface area (TPSA) is 28.2 Å². The first-order chi connectivity index (χ1) is 9.20. The van der Waals surface area contributed by atoms with Crippen LogP contribution in [0.2, 0.25) is 0 Å². The molecule has 1 fully saturated rings. The fourth-order valence-corrected chi connectivity index (χ4v) is 2.81. The number of nitrogens with zero attached hydrogens (tertiary/aromatic N) is 2. The molecular weight excluding hydrogens is 234 g/mol. The molecule has 1 saturated heterocycles. The van der Waals surface area contributed by atoms with Crippen LogP contribution in [0.4, 0.5) is 0 Å². The second kappa shape index (κ2) is 7.01. The van der Waals surface area contributed by atoms with Crippen molar-refractivity contribution in [2.75, 3.05) is 19.6 Å². The maximum atomic E-state index is 4.43. The molecule has 0 aromatic carbocycles. The third-order valence-electron chi connectivity index (χ3n) is 4.22. The van der Waals surface area contributed by atoms with Crippen LogP contribution in [-0.4, -0.2) is 41.6 Å². The molecule has 1 aliphatic heterocycles. The SMILES string of the molecule is CCC1CNC(C(C)C)CN1CCc1ccccn1. The van der Waals surface area contributed by atoms with Crippen LogP contribution in [0, 0.1) is 5.92 Å². The lowest BCUT2D eigenvalue weighted by Gasteiger charge is -2.41. The van der Waals surface area contributed by atoms with Gasteiger partial charge in [0.15, 0.2) is 0 Å². The van der Waals surface area contributed by atoms with Crippen molar-refractivity contribution in [3.05, 3.63) is 30.1 Å². The summed E-state index contributed by atoms with van der Waals surface area (Å²) in [7, 11) is 0. The molecule has 2 unspecified atom stereocenters. The Morgan fingerprint density at radius 2 is 2.26 bits per heavy atom. The Morgan fingerprint density at radius 1 is 1.42 bits per heavy atom. The van der Waals surface area contributed by atoms with Gasteiger partial charge in [0.2, 0.25) is 0 Å². The van der Waals surface area contributed by atoms with Crippen LogP contribution in [0.25, 0.3) is 0 Å². The highest BCUT2D eigenvalue weighted by molar-refractivity contribution is 5.04. The molecule has 106 valence electrons. The van der Waals surface area contributed by atoms with E-state index in [0.717, 1.165) is 19.5 Å². The normalized spacial score (nSPS) is 24.8. The number of aromatic nitrogens is 1. The summed E-state index contributed by atoms with van der Waals surface area (Å²) in [5, 5.41) is 3.69. The van der Waals surface area contributed by atoms with Crippen LogP contribution in [0.15, 0.2) is 24.4 Å². The molecular formula is C16H27N3. The van der Waals surface area contributed by atoms with Crippen LogP contribution in [0.5, 0.6) is 0 Å². The molecule has 1 aromatic rings. The van der Waals surface area contributed by atoms with E-state index in [2.05, 4.69) is 48.1 Å². The van der Waals surface area contributed by atoms with E-state index in [-0.39, 0.29) is 0 Å². The second-order valence-corrected chi connectivity index (χ2v) is 5.89. The highest BCUT2D eigenvalue weighted by Crippen LogP contribution is 2.15. The Labute approximate surface area is 117 Å². The fraction of sp³-hybridized carbons (Fsp3) is 0.688. The van der Waals surface area contributed by atoms with Gasteiger partial charge in [0.25, 0.3) is 0 Å². The lowest BCUT2D eigenvalue weighted by atomic mass is 9.98. The number of nitrogens with one attached hydrogen (secondary N) is 1. The first kappa shape index (κ1) is 14.5. The standard InChI is InChI=1S/C16H27N3/c1-4-15-11-18-16(13(2)3)12-19(15)10-8-14-7-5-6-9-17-14/h5-7,9,13,15-16,18H,4,8,10-12H2,1-3H3. The van der Waals surface area contributed by atoms with E-state index in [1.54, 1.807) is 0 Å². The molecule has 3 heteroatoms. The quantitative estimate of drug-likeness (QED) is 0.882. The van der Waals surface area contributed by atoms with Crippen LogP contribution in [0.3, 0.4) is 0 Å². The molecule has 1 N–H and O–H groups in total. The summed E-state index contributed by atoms with van der Waals surface area (Å²) in [4.78, 5) is 7.07. The number of hydrogen-bond acceptors (Lipinski definition) is 3. The Morgan fingerprint density at radius 3 is 2.89 bits per heavy atom. The zero-order valence-electron chi connectivity index (χ0n) is 12.5. The molecule has 1 aliphatic rings. The third kappa shape index (κ3) is 4.02. The van der Waals surface area contributed by atoms with Crippen molar-refractivity contribution in [1.82, 2.24) is 15.2 Å². The van der Waals surface area contributed by atoms with Gasteiger partial charge >= 0.3 is 0 Å². The highest BCUT2D eigenvalue weighted by atomic mass is 15.2. The number of pyridine rings is 1. The van der Waals surface area contributed by atoms with Gasteiger partial charge in [0.05, 0.1) is 0 Å². The lowest BCUT2D eigenvalue weighted by Crippen LogP contribution is -2.58. The van der Waals surface area contributed by atoms with Crippen LogP contribution in [0.1, 0.15) is 32.9 Å². The molecule has 2 rings (SSSR count). The number of piperazine rings is 1. The minimum atomic E-state index is 0.631. The molecule has 1 aromatic heterocycles. The zero-order chi connectivity index (χ0) is 13.7. The number of rotatable bonds is 5. The average Bonchev–Trinajstić information content (AvgIpc) is 2.45. The molecule has 0 radical (unpaired) electrons. The lowest BCUT2D eigenvalue weighted by molar-refractivity contribution is 0.111. The molecule has 2 atom stereocenters. The van der Waals surface area contributed by atoms with Crippen LogP contribution in [-0.2, 0) is 6.42 Å². The molecule has 0 saturated carbocycles. The maximum Gasteiger partial charge on any atom is 0.0416 e. The van der Waals surface area contributed by atoms with Gasteiger partial charge < -0.3 is 5.32 Å². The minimum Gasteiger partial charge on any atom is -0.311 e. The van der Waals surface area contributed by atoms with E-state index in [4.69, 9.17) is 0 Å². The minimum absolute atomic E-state index is 0.631. The highest BCUT2D eigenvalue weighted by Gasteiger charge is 2.27. The monoisotopic (exact) mass is 261 g/mol. The number of hydrogen-bond donors (Lipinski definition) is 1. The van der Waals surface area contributed by atoms with Crippen molar-refractivity contribution < 1.29 is 0 Å². The van der Waals surface area contributed by atoms with Gasteiger partial charge in [-0.3, -0.25) is 9.88 Å². The predicted octanol–water partition coefficient (Wildman–Crippen LogP) is 2.33. The smallest absolute Gasteiger partial charge is 0.0416 e. The van der Waals surface area contributed by atoms with E-state index in [1.165, 1.54) is 18.7 Å². The van der Waals surface area contributed by atoms with Gasteiger partial charge in [-0.15, -0.1) is 0 Å². The molecule has 2 heterocycles. The van der Waals surface area contributed by atoms with Gasteiger partial charge in [-0.25, -0.2) is 0 Å². The molecule has 19 heavy (non-hydrogen) atoms. The second-order valence-electron chi connectivity index (χ2n) is 5.89. The molecule has 0 amide bonds. The van der Waals surface area contributed by atoms with Crippen molar-refractivity contribution in [3.8, 4) is 0 Å². The predicted molar refractivity (Wildman–Crippen MR) is 80.2 cm³/mol. The summed E-state index contributed by atoms with van der Waals surface area (Å²) >= 11 is 0. The van der Waals surface area contributed by atoms with E-state index >= 15 is 0 Å². The molecule has 0 spiro atoms. The first-order valence-electron chi connectivity index (χ1n) is 7.58. The maximum absolute atomic E-state index is 4.43. The zero-order valence-corrected chi connectivity index (χ0v) is 12.5. The van der Waals surface area contributed by atoms with Crippen molar-refractivity contribution >= 4 is 0 Å². The summed E-state index contributed by atoms with van der Waals surface area (Å²) < 4.78 is 0. The largest absolute Gasteiger partial charge is 0.311 e. The van der Waals surface area contributed by atoms with Gasteiger partial charge in [0, 0.05) is 50.0 Å². The van der Waals surface area contributed by atoms with Crippen molar-refractivity contribution in [2.24, 2.45) is 5.92 Å². The summed E-state index contributed by atoms with van der Waals surface area (Å²) in [5.74, 6) is 0.704. The van der Waals surface area contributed by atoms with Crippen LogP contribution >= 0.6 is 0 Å². The van der Waals surface area contributed by atoms with Gasteiger partial charge in [-0.05, 0) is 24.5 Å². The van der Waals surface area contributed by atoms with Gasteiger partial charge in [-0.2, -0.15) is 0 Å². The van der Waals surface area contributed by atoms with E-state index < -0.39 is 0 Å². The van der Waals surface area contributed by atoms with E-state index in [9.17, 15) is 0 Å². The van der Waals surface area contributed by atoms with Crippen molar-refractivity contribution in [1.29, 1.82) is 0 Å². The average molecular weight is 261 g/mol. The van der Waals surface area contributed by atoms with Crippen molar-refractivity contribution in [2.45, 2.75) is 45.7 Å². The molecule has 0 bridgehead atoms. The Hall–Kier alpha value is -0.930. The Bertz CT molecular complexity index is 364. The van der Waals surface area contributed by atoms with Gasteiger partial charge in [-0.1, -0.05) is 26.8 Å². The summed E-state index contributed by atoms with van der Waals surface area (Å²) in [6, 6.07) is 7.50. The van der Waals surface area contributed by atoms with E-state index in [0.29, 0.717) is 18.0 Å². The van der Waals surface area contributed by atoms with Crippen LogP contribution < -0.4 is 5.32 Å². The first-order valence-corrected chi connectivity index (χ1v) is 7.58. The molecule has 3 nitrogen and oxygen atoms in total.